The molecule has 0 spiro atoms. The van der Waals surface area contributed by atoms with E-state index in [0.717, 1.165) is 18.8 Å². The van der Waals surface area contributed by atoms with Crippen LogP contribution in [0.15, 0.2) is 42.7 Å². The number of carbonyl (C=O) groups is 1. The molecule has 1 unspecified atom stereocenters. The topological polar surface area (TPSA) is 59.0 Å². The van der Waals surface area contributed by atoms with Gasteiger partial charge in [0.25, 0.3) is 0 Å². The third-order valence-electron chi connectivity index (χ3n) is 3.47. The predicted octanol–water partition coefficient (Wildman–Crippen LogP) is 3.99. The molecule has 0 bridgehead atoms. The lowest BCUT2D eigenvalue weighted by Crippen LogP contribution is -2.22. The van der Waals surface area contributed by atoms with E-state index in [1.54, 1.807) is 25.3 Å². The van der Waals surface area contributed by atoms with E-state index in [4.69, 9.17) is 14.6 Å². The Labute approximate surface area is 144 Å². The molecular formula is C19H27NO4. The van der Waals surface area contributed by atoms with Gasteiger partial charge in [-0.1, -0.05) is 18.2 Å². The van der Waals surface area contributed by atoms with Crippen LogP contribution in [0.25, 0.3) is 0 Å². The SMILES string of the molecule is C/C=C/C=C\OC(C)Oc1cc(N(CC)CC)ccc1CC(=O)O. The summed E-state index contributed by atoms with van der Waals surface area (Å²) in [4.78, 5) is 13.2. The fourth-order valence-electron chi connectivity index (χ4n) is 2.27. The molecule has 1 rings (SSSR count). The van der Waals surface area contributed by atoms with Gasteiger partial charge in [0.05, 0.1) is 12.7 Å². The zero-order chi connectivity index (χ0) is 17.9. The van der Waals surface area contributed by atoms with E-state index in [1.807, 2.05) is 31.2 Å². The van der Waals surface area contributed by atoms with Gasteiger partial charge in [-0.25, -0.2) is 0 Å². The monoisotopic (exact) mass is 333 g/mol. The molecule has 0 radical (unpaired) electrons. The zero-order valence-electron chi connectivity index (χ0n) is 14.9. The van der Waals surface area contributed by atoms with Crippen LogP contribution in [0.2, 0.25) is 0 Å². The molecule has 5 nitrogen and oxygen atoms in total. The summed E-state index contributed by atoms with van der Waals surface area (Å²) in [5.41, 5.74) is 1.63. The summed E-state index contributed by atoms with van der Waals surface area (Å²) >= 11 is 0. The Hall–Kier alpha value is -2.43. The van der Waals surface area contributed by atoms with Crippen LogP contribution in [0.1, 0.15) is 33.3 Å². The Balaban J connectivity index is 2.97. The third kappa shape index (κ3) is 6.36. The average molecular weight is 333 g/mol. The lowest BCUT2D eigenvalue weighted by molar-refractivity contribution is -0.136. The summed E-state index contributed by atoms with van der Waals surface area (Å²) in [6, 6.07) is 5.61. The van der Waals surface area contributed by atoms with Gasteiger partial charge in [-0.05, 0) is 32.9 Å². The lowest BCUT2D eigenvalue weighted by atomic mass is 10.1. The molecule has 0 fully saturated rings. The van der Waals surface area contributed by atoms with Gasteiger partial charge in [0.1, 0.15) is 5.75 Å². The molecule has 1 aromatic carbocycles. The summed E-state index contributed by atoms with van der Waals surface area (Å²) < 4.78 is 11.3. The van der Waals surface area contributed by atoms with Crippen LogP contribution in [0.4, 0.5) is 5.69 Å². The maximum atomic E-state index is 11.1. The summed E-state index contributed by atoms with van der Waals surface area (Å²) in [5, 5.41) is 9.08. The molecule has 0 aliphatic rings. The molecule has 0 saturated carbocycles. The zero-order valence-corrected chi connectivity index (χ0v) is 14.9. The maximum absolute atomic E-state index is 11.1. The summed E-state index contributed by atoms with van der Waals surface area (Å²) in [6.45, 7) is 9.58. The Morgan fingerprint density at radius 2 is 2.00 bits per heavy atom. The van der Waals surface area contributed by atoms with Crippen molar-refractivity contribution in [3.63, 3.8) is 0 Å². The van der Waals surface area contributed by atoms with E-state index in [2.05, 4.69) is 18.7 Å². The molecule has 0 aromatic heterocycles. The van der Waals surface area contributed by atoms with E-state index >= 15 is 0 Å². The molecule has 1 aromatic rings. The Bertz CT molecular complexity index is 577. The van der Waals surface area contributed by atoms with Crippen LogP contribution in [0, 0.1) is 0 Å². The van der Waals surface area contributed by atoms with E-state index < -0.39 is 12.3 Å². The molecular weight excluding hydrogens is 306 g/mol. The Morgan fingerprint density at radius 1 is 1.29 bits per heavy atom. The van der Waals surface area contributed by atoms with Gasteiger partial charge in [-0.2, -0.15) is 0 Å². The van der Waals surface area contributed by atoms with Gasteiger partial charge in [-0.15, -0.1) is 0 Å². The molecule has 1 N–H and O–H groups in total. The molecule has 1 atom stereocenters. The van der Waals surface area contributed by atoms with Crippen LogP contribution in [-0.4, -0.2) is 30.5 Å². The van der Waals surface area contributed by atoms with E-state index in [0.29, 0.717) is 11.3 Å². The quantitative estimate of drug-likeness (QED) is 0.398. The molecule has 0 saturated heterocycles. The third-order valence-corrected chi connectivity index (χ3v) is 3.47. The number of carboxylic acid groups (broad SMARTS) is 1. The minimum absolute atomic E-state index is 0.0883. The Kier molecular flexibility index (Phi) is 8.47. The minimum atomic E-state index is -0.892. The van der Waals surface area contributed by atoms with Crippen LogP contribution < -0.4 is 9.64 Å². The number of carboxylic acids is 1. The predicted molar refractivity (Wildman–Crippen MR) is 96.5 cm³/mol. The Morgan fingerprint density at radius 3 is 2.58 bits per heavy atom. The highest BCUT2D eigenvalue weighted by atomic mass is 16.7. The van der Waals surface area contributed by atoms with E-state index in [1.165, 1.54) is 0 Å². The van der Waals surface area contributed by atoms with E-state index in [-0.39, 0.29) is 6.42 Å². The second-order valence-corrected chi connectivity index (χ2v) is 5.21. The highest BCUT2D eigenvalue weighted by Gasteiger charge is 2.14. The number of allylic oxidation sites excluding steroid dienone is 3. The molecule has 0 aliphatic carbocycles. The standard InChI is InChI=1S/C19H27NO4/c1-5-8-9-12-23-15(4)24-18-14-17(20(6-2)7-3)11-10-16(18)13-19(21)22/h5,8-12,14-15H,6-7,13H2,1-4H3,(H,21,22)/b8-5+,12-9-. The minimum Gasteiger partial charge on any atom is -0.481 e. The first-order chi connectivity index (χ1) is 11.5. The van der Waals surface area contributed by atoms with Crippen LogP contribution in [0.5, 0.6) is 5.75 Å². The first kappa shape index (κ1) is 19.6. The first-order valence-electron chi connectivity index (χ1n) is 8.21. The van der Waals surface area contributed by atoms with Crippen molar-refractivity contribution in [3.8, 4) is 5.75 Å². The second kappa shape index (κ2) is 10.4. The summed E-state index contributed by atoms with van der Waals surface area (Å²) in [5.74, 6) is -0.356. The smallest absolute Gasteiger partial charge is 0.307 e. The first-order valence-corrected chi connectivity index (χ1v) is 8.21. The van der Waals surface area contributed by atoms with E-state index in [9.17, 15) is 4.79 Å². The van der Waals surface area contributed by atoms with Crippen molar-refractivity contribution >= 4 is 11.7 Å². The fraction of sp³-hybridized carbons (Fsp3) is 0.421. The van der Waals surface area contributed by atoms with Gasteiger partial charge in [0.15, 0.2) is 0 Å². The lowest BCUT2D eigenvalue weighted by Gasteiger charge is -2.23. The number of anilines is 1. The van der Waals surface area contributed by atoms with Gasteiger partial charge >= 0.3 is 5.97 Å². The molecule has 24 heavy (non-hydrogen) atoms. The summed E-state index contributed by atoms with van der Waals surface area (Å²) in [6.07, 6.45) is 6.45. The van der Waals surface area contributed by atoms with Crippen molar-refractivity contribution in [2.75, 3.05) is 18.0 Å². The van der Waals surface area contributed by atoms with Gasteiger partial charge in [0, 0.05) is 37.3 Å². The van der Waals surface area contributed by atoms with Crippen LogP contribution >= 0.6 is 0 Å². The molecule has 0 heterocycles. The van der Waals surface area contributed by atoms with Gasteiger partial charge < -0.3 is 19.5 Å². The van der Waals surface area contributed by atoms with Crippen molar-refractivity contribution in [3.05, 3.63) is 48.3 Å². The normalized spacial score (nSPS) is 12.5. The average Bonchev–Trinajstić information content (AvgIpc) is 2.54. The fourth-order valence-corrected chi connectivity index (χ4v) is 2.27. The number of rotatable bonds is 10. The van der Waals surface area contributed by atoms with Crippen LogP contribution in [0.3, 0.4) is 0 Å². The maximum Gasteiger partial charge on any atom is 0.307 e. The number of aliphatic carboxylic acids is 1. The molecule has 5 heteroatoms. The molecule has 132 valence electrons. The van der Waals surface area contributed by atoms with Crippen molar-refractivity contribution < 1.29 is 19.4 Å². The molecule has 0 aliphatic heterocycles. The summed E-state index contributed by atoms with van der Waals surface area (Å²) in [7, 11) is 0. The number of benzene rings is 1. The van der Waals surface area contributed by atoms with Crippen molar-refractivity contribution in [1.29, 1.82) is 0 Å². The van der Waals surface area contributed by atoms with Crippen LogP contribution in [-0.2, 0) is 16.0 Å². The number of hydrogen-bond acceptors (Lipinski definition) is 4. The number of ether oxygens (including phenoxy) is 2. The largest absolute Gasteiger partial charge is 0.481 e. The highest BCUT2D eigenvalue weighted by Crippen LogP contribution is 2.27. The molecule has 0 amide bonds. The number of nitrogens with zero attached hydrogens (tertiary/aromatic N) is 1. The second-order valence-electron chi connectivity index (χ2n) is 5.21. The van der Waals surface area contributed by atoms with Gasteiger partial charge in [0.2, 0.25) is 6.29 Å². The van der Waals surface area contributed by atoms with Crippen molar-refractivity contribution in [1.82, 2.24) is 0 Å². The highest BCUT2D eigenvalue weighted by molar-refractivity contribution is 5.72. The van der Waals surface area contributed by atoms with Gasteiger partial charge in [-0.3, -0.25) is 4.79 Å². The van der Waals surface area contributed by atoms with Crippen molar-refractivity contribution in [2.24, 2.45) is 0 Å². The van der Waals surface area contributed by atoms with Crippen molar-refractivity contribution in [2.45, 2.75) is 40.4 Å². The number of hydrogen-bond donors (Lipinski definition) is 1.